The molecule has 0 bridgehead atoms. The third-order valence-corrected chi connectivity index (χ3v) is 5.07. The molecule has 0 spiro atoms. The smallest absolute Gasteiger partial charge is 0.263 e. The van der Waals surface area contributed by atoms with Crippen molar-refractivity contribution in [2.45, 2.75) is 9.79 Å². The fourth-order valence-electron chi connectivity index (χ4n) is 1.57. The molecule has 2 N–H and O–H groups in total. The molecule has 1 heterocycles. The quantitative estimate of drug-likeness (QED) is 0.852. The monoisotopic (exact) mass is 328 g/mol. The number of sulfonamides is 1. The molecule has 0 unspecified atom stereocenters. The minimum absolute atomic E-state index is 0.00386. The highest BCUT2D eigenvalue weighted by atomic mass is 32.2. The van der Waals surface area contributed by atoms with Crippen LogP contribution >= 0.6 is 0 Å². The minimum atomic E-state index is -3.91. The highest BCUT2D eigenvalue weighted by Gasteiger charge is 2.15. The summed E-state index contributed by atoms with van der Waals surface area (Å²) in [5, 5.41) is 0. The van der Waals surface area contributed by atoms with Crippen molar-refractivity contribution < 1.29 is 16.8 Å². The Bertz CT molecular complexity index is 910. The van der Waals surface area contributed by atoms with Gasteiger partial charge < -0.3 is 4.98 Å². The fourth-order valence-corrected chi connectivity index (χ4v) is 3.25. The molecule has 0 amide bonds. The Morgan fingerprint density at radius 1 is 1.00 bits per heavy atom. The van der Waals surface area contributed by atoms with Crippen molar-refractivity contribution in [2.24, 2.45) is 0 Å². The second-order valence-corrected chi connectivity index (χ2v) is 7.99. The van der Waals surface area contributed by atoms with E-state index in [0.717, 1.165) is 24.6 Å². The van der Waals surface area contributed by atoms with E-state index >= 15 is 0 Å². The van der Waals surface area contributed by atoms with E-state index in [1.807, 2.05) is 0 Å². The van der Waals surface area contributed by atoms with E-state index in [9.17, 15) is 21.6 Å². The standard InChI is InChI=1S/C12H12N2O5S2/c1-20(16,17)10-4-2-3-9(7-10)14-21(18,19)11-5-6-12(15)13-8-11/h2-8,14H,1H3,(H,13,15). The van der Waals surface area contributed by atoms with Gasteiger partial charge in [-0.3, -0.25) is 9.52 Å². The van der Waals surface area contributed by atoms with E-state index < -0.39 is 25.4 Å². The van der Waals surface area contributed by atoms with Gasteiger partial charge >= 0.3 is 0 Å². The maximum atomic E-state index is 12.1. The number of sulfone groups is 1. The molecule has 0 saturated carbocycles. The highest BCUT2D eigenvalue weighted by molar-refractivity contribution is 7.92. The van der Waals surface area contributed by atoms with Crippen molar-refractivity contribution in [3.05, 3.63) is 52.9 Å². The van der Waals surface area contributed by atoms with Gasteiger partial charge in [0.2, 0.25) is 5.56 Å². The molecule has 1 aromatic carbocycles. The van der Waals surface area contributed by atoms with Crippen molar-refractivity contribution in [1.29, 1.82) is 0 Å². The predicted octanol–water partition coefficient (Wildman–Crippen LogP) is 0.579. The van der Waals surface area contributed by atoms with Crippen LogP contribution in [0.3, 0.4) is 0 Å². The third kappa shape index (κ3) is 3.70. The van der Waals surface area contributed by atoms with Gasteiger partial charge in [-0.1, -0.05) is 6.07 Å². The number of hydrogen-bond donors (Lipinski definition) is 2. The van der Waals surface area contributed by atoms with Crippen molar-refractivity contribution in [2.75, 3.05) is 11.0 Å². The SMILES string of the molecule is CS(=O)(=O)c1cccc(NS(=O)(=O)c2ccc(=O)[nH]c2)c1. The topological polar surface area (TPSA) is 113 Å². The zero-order valence-electron chi connectivity index (χ0n) is 10.9. The summed E-state index contributed by atoms with van der Waals surface area (Å²) < 4.78 is 49.3. The number of hydrogen-bond acceptors (Lipinski definition) is 5. The summed E-state index contributed by atoms with van der Waals surface area (Å²) in [6, 6.07) is 7.69. The Hall–Kier alpha value is -2.13. The Kier molecular flexibility index (Phi) is 3.88. The first-order valence-corrected chi connectivity index (χ1v) is 9.08. The van der Waals surface area contributed by atoms with Crippen molar-refractivity contribution in [1.82, 2.24) is 4.98 Å². The van der Waals surface area contributed by atoms with Crippen LogP contribution in [0.2, 0.25) is 0 Å². The summed E-state index contributed by atoms with van der Waals surface area (Å²) in [4.78, 5) is 13.1. The molecular weight excluding hydrogens is 316 g/mol. The van der Waals surface area contributed by atoms with Gasteiger partial charge in [-0.15, -0.1) is 0 Å². The summed E-state index contributed by atoms with van der Waals surface area (Å²) in [6.07, 6.45) is 2.09. The van der Waals surface area contributed by atoms with Crippen LogP contribution in [0.1, 0.15) is 0 Å². The van der Waals surface area contributed by atoms with E-state index in [0.29, 0.717) is 0 Å². The van der Waals surface area contributed by atoms with Crippen molar-refractivity contribution in [3.8, 4) is 0 Å². The second kappa shape index (κ2) is 5.34. The molecule has 0 radical (unpaired) electrons. The molecule has 2 rings (SSSR count). The average Bonchev–Trinajstić information content (AvgIpc) is 2.38. The normalized spacial score (nSPS) is 12.0. The van der Waals surface area contributed by atoms with Crippen LogP contribution < -0.4 is 10.3 Å². The number of aromatic nitrogens is 1. The van der Waals surface area contributed by atoms with Gasteiger partial charge in [-0.05, 0) is 24.3 Å². The molecule has 1 aromatic heterocycles. The molecule has 0 atom stereocenters. The Morgan fingerprint density at radius 2 is 1.71 bits per heavy atom. The molecule has 21 heavy (non-hydrogen) atoms. The van der Waals surface area contributed by atoms with E-state index in [4.69, 9.17) is 0 Å². The second-order valence-electron chi connectivity index (χ2n) is 4.29. The number of anilines is 1. The van der Waals surface area contributed by atoms with Gasteiger partial charge in [0.1, 0.15) is 4.90 Å². The van der Waals surface area contributed by atoms with Gasteiger partial charge in [0.05, 0.1) is 10.6 Å². The zero-order valence-corrected chi connectivity index (χ0v) is 12.5. The van der Waals surface area contributed by atoms with Crippen LogP contribution in [0.4, 0.5) is 5.69 Å². The summed E-state index contributed by atoms with van der Waals surface area (Å²) >= 11 is 0. The molecule has 0 saturated heterocycles. The number of nitrogens with one attached hydrogen (secondary N) is 2. The molecule has 9 heteroatoms. The van der Waals surface area contributed by atoms with Crippen LogP contribution in [0, 0.1) is 0 Å². The maximum Gasteiger partial charge on any atom is 0.263 e. The fraction of sp³-hybridized carbons (Fsp3) is 0.0833. The van der Waals surface area contributed by atoms with E-state index in [-0.39, 0.29) is 15.5 Å². The molecule has 7 nitrogen and oxygen atoms in total. The molecule has 2 aromatic rings. The van der Waals surface area contributed by atoms with Gasteiger partial charge in [-0.25, -0.2) is 16.8 Å². The summed E-state index contributed by atoms with van der Waals surface area (Å²) in [7, 11) is -7.34. The lowest BCUT2D eigenvalue weighted by Crippen LogP contribution is -2.15. The number of rotatable bonds is 4. The first kappa shape index (κ1) is 15.3. The highest BCUT2D eigenvalue weighted by Crippen LogP contribution is 2.18. The molecule has 0 aliphatic heterocycles. The van der Waals surface area contributed by atoms with E-state index in [1.54, 1.807) is 0 Å². The Morgan fingerprint density at radius 3 is 2.29 bits per heavy atom. The van der Waals surface area contributed by atoms with Gasteiger partial charge in [0.25, 0.3) is 10.0 Å². The lowest BCUT2D eigenvalue weighted by molar-refractivity contribution is 0.598. The number of benzene rings is 1. The van der Waals surface area contributed by atoms with Crippen molar-refractivity contribution in [3.63, 3.8) is 0 Å². The van der Waals surface area contributed by atoms with Crippen molar-refractivity contribution >= 4 is 25.5 Å². The predicted molar refractivity (Wildman–Crippen MR) is 77.4 cm³/mol. The number of pyridine rings is 1. The number of H-pyrrole nitrogens is 1. The first-order valence-electron chi connectivity index (χ1n) is 5.70. The summed E-state index contributed by atoms with van der Waals surface area (Å²) in [5.41, 5.74) is -0.308. The van der Waals surface area contributed by atoms with E-state index in [2.05, 4.69) is 9.71 Å². The number of aromatic amines is 1. The average molecular weight is 328 g/mol. The van der Waals surface area contributed by atoms with Gasteiger partial charge in [0.15, 0.2) is 9.84 Å². The first-order chi connectivity index (χ1) is 9.68. The molecule has 0 aliphatic carbocycles. The minimum Gasteiger partial charge on any atom is -0.328 e. The maximum absolute atomic E-state index is 12.1. The van der Waals surface area contributed by atoms with Crippen LogP contribution in [0.5, 0.6) is 0 Å². The van der Waals surface area contributed by atoms with Crippen LogP contribution in [0.15, 0.2) is 57.2 Å². The molecule has 0 aliphatic rings. The van der Waals surface area contributed by atoms with Gasteiger partial charge in [0, 0.05) is 18.5 Å². The van der Waals surface area contributed by atoms with Crippen LogP contribution in [0.25, 0.3) is 0 Å². The lowest BCUT2D eigenvalue weighted by Gasteiger charge is -2.08. The Balaban J connectivity index is 2.37. The summed E-state index contributed by atoms with van der Waals surface area (Å²) in [5.74, 6) is 0. The summed E-state index contributed by atoms with van der Waals surface area (Å²) in [6.45, 7) is 0. The largest absolute Gasteiger partial charge is 0.328 e. The molecular formula is C12H12N2O5S2. The zero-order chi connectivity index (χ0) is 15.7. The third-order valence-electron chi connectivity index (χ3n) is 2.58. The van der Waals surface area contributed by atoms with Crippen LogP contribution in [-0.2, 0) is 19.9 Å². The van der Waals surface area contributed by atoms with Gasteiger partial charge in [-0.2, -0.15) is 0 Å². The molecule has 0 fully saturated rings. The van der Waals surface area contributed by atoms with E-state index in [1.165, 1.54) is 24.3 Å². The Labute approximate surface area is 121 Å². The molecule has 112 valence electrons. The van der Waals surface area contributed by atoms with Crippen LogP contribution in [-0.4, -0.2) is 28.1 Å². The lowest BCUT2D eigenvalue weighted by atomic mass is 10.3.